The molecule has 1 aromatic rings. The van der Waals surface area contributed by atoms with Gasteiger partial charge in [0.1, 0.15) is 5.75 Å². The van der Waals surface area contributed by atoms with Crippen molar-refractivity contribution in [3.05, 3.63) is 23.8 Å². The predicted octanol–water partition coefficient (Wildman–Crippen LogP) is 1.26. The molecule has 1 rings (SSSR count). The van der Waals surface area contributed by atoms with Crippen molar-refractivity contribution in [1.29, 1.82) is 0 Å². The third-order valence-electron chi connectivity index (χ3n) is 2.14. The van der Waals surface area contributed by atoms with Gasteiger partial charge in [-0.25, -0.2) is 4.79 Å². The number of carbonyl (C=O) groups is 2. The Morgan fingerprint density at radius 1 is 1.37 bits per heavy atom. The van der Waals surface area contributed by atoms with Crippen LogP contribution < -0.4 is 15.8 Å². The Morgan fingerprint density at radius 2 is 2.00 bits per heavy atom. The van der Waals surface area contributed by atoms with Gasteiger partial charge >= 0.3 is 5.97 Å². The van der Waals surface area contributed by atoms with E-state index in [1.807, 2.05) is 20.8 Å². The Morgan fingerprint density at radius 3 is 2.53 bits per heavy atom. The van der Waals surface area contributed by atoms with Crippen LogP contribution in [0.5, 0.6) is 5.75 Å². The van der Waals surface area contributed by atoms with Crippen LogP contribution in [0.3, 0.4) is 0 Å². The fourth-order valence-electron chi connectivity index (χ4n) is 1.41. The number of hydrogen-bond acceptors (Lipinski definition) is 4. The zero-order chi connectivity index (χ0) is 14.6. The van der Waals surface area contributed by atoms with E-state index in [0.29, 0.717) is 0 Å². The van der Waals surface area contributed by atoms with Crippen LogP contribution in [0.2, 0.25) is 0 Å². The number of anilines is 1. The number of aromatic carboxylic acids is 1. The van der Waals surface area contributed by atoms with E-state index in [4.69, 9.17) is 15.6 Å². The molecule has 1 aromatic carbocycles. The minimum atomic E-state index is -1.14. The monoisotopic (exact) mass is 266 g/mol. The maximum absolute atomic E-state index is 11.5. The minimum Gasteiger partial charge on any atom is -0.484 e. The van der Waals surface area contributed by atoms with Crippen molar-refractivity contribution >= 4 is 17.6 Å². The number of nitrogens with one attached hydrogen (secondary N) is 1. The van der Waals surface area contributed by atoms with E-state index >= 15 is 0 Å². The molecule has 19 heavy (non-hydrogen) atoms. The first kappa shape index (κ1) is 14.8. The molecule has 4 N–H and O–H groups in total. The Hall–Kier alpha value is -2.24. The largest absolute Gasteiger partial charge is 0.484 e. The maximum atomic E-state index is 11.5. The maximum Gasteiger partial charge on any atom is 0.337 e. The van der Waals surface area contributed by atoms with Gasteiger partial charge in [0.2, 0.25) is 0 Å². The molecular weight excluding hydrogens is 248 g/mol. The lowest BCUT2D eigenvalue weighted by molar-refractivity contribution is -0.124. The predicted molar refractivity (Wildman–Crippen MR) is 71.2 cm³/mol. The normalized spacial score (nSPS) is 10.9. The number of amides is 1. The molecule has 0 aromatic heterocycles. The molecule has 0 aliphatic heterocycles. The second kappa shape index (κ2) is 5.60. The van der Waals surface area contributed by atoms with Crippen molar-refractivity contribution < 1.29 is 19.4 Å². The number of nitrogens with two attached hydrogens (primary N) is 1. The highest BCUT2D eigenvalue weighted by molar-refractivity contribution is 5.94. The summed E-state index contributed by atoms with van der Waals surface area (Å²) >= 11 is 0. The quantitative estimate of drug-likeness (QED) is 0.712. The molecule has 0 bridgehead atoms. The van der Waals surface area contributed by atoms with Crippen LogP contribution in [-0.4, -0.2) is 29.1 Å². The third-order valence-corrected chi connectivity index (χ3v) is 2.14. The molecule has 0 saturated heterocycles. The average Bonchev–Trinajstić information content (AvgIpc) is 2.25. The van der Waals surface area contributed by atoms with E-state index < -0.39 is 5.97 Å². The van der Waals surface area contributed by atoms with E-state index in [9.17, 15) is 9.59 Å². The number of carboxylic acid groups (broad SMARTS) is 1. The number of hydrogen-bond donors (Lipinski definition) is 3. The molecule has 0 aliphatic carbocycles. The lowest BCUT2D eigenvalue weighted by atomic mass is 10.1. The van der Waals surface area contributed by atoms with E-state index in [1.54, 1.807) is 0 Å². The second-order valence-corrected chi connectivity index (χ2v) is 5.14. The number of nitrogen functional groups attached to an aromatic ring is 1. The lowest BCUT2D eigenvalue weighted by Crippen LogP contribution is -2.43. The first-order chi connectivity index (χ1) is 8.69. The highest BCUT2D eigenvalue weighted by Gasteiger charge is 2.14. The van der Waals surface area contributed by atoms with Crippen molar-refractivity contribution in [3.63, 3.8) is 0 Å². The van der Waals surface area contributed by atoms with Gasteiger partial charge < -0.3 is 20.9 Å². The molecule has 104 valence electrons. The fraction of sp³-hybridized carbons (Fsp3) is 0.385. The standard InChI is InChI=1S/C13H18N2O4/c1-13(2,3)15-11(16)7-19-8-4-5-10(14)9(6-8)12(17)18/h4-6H,7,14H2,1-3H3,(H,15,16)(H,17,18). The first-order valence-corrected chi connectivity index (χ1v) is 5.75. The SMILES string of the molecule is CC(C)(C)NC(=O)COc1ccc(N)c(C(=O)O)c1. The van der Waals surface area contributed by atoms with Gasteiger partial charge in [0.15, 0.2) is 6.61 Å². The van der Waals surface area contributed by atoms with Crippen LogP contribution in [-0.2, 0) is 4.79 Å². The molecule has 0 unspecified atom stereocenters. The Bertz CT molecular complexity index is 492. The summed E-state index contributed by atoms with van der Waals surface area (Å²) in [6.45, 7) is 5.39. The smallest absolute Gasteiger partial charge is 0.337 e. The van der Waals surface area contributed by atoms with Gasteiger partial charge in [-0.2, -0.15) is 0 Å². The first-order valence-electron chi connectivity index (χ1n) is 5.75. The molecule has 0 heterocycles. The van der Waals surface area contributed by atoms with Crippen LogP contribution in [0.1, 0.15) is 31.1 Å². The Kier molecular flexibility index (Phi) is 4.37. The summed E-state index contributed by atoms with van der Waals surface area (Å²) in [7, 11) is 0. The van der Waals surface area contributed by atoms with Gasteiger partial charge in [0.05, 0.1) is 5.56 Å². The van der Waals surface area contributed by atoms with Gasteiger partial charge in [-0.1, -0.05) is 0 Å². The summed E-state index contributed by atoms with van der Waals surface area (Å²) in [6.07, 6.45) is 0. The van der Waals surface area contributed by atoms with E-state index in [2.05, 4.69) is 5.32 Å². The highest BCUT2D eigenvalue weighted by Crippen LogP contribution is 2.19. The summed E-state index contributed by atoms with van der Waals surface area (Å²) in [5, 5.41) is 11.6. The number of benzene rings is 1. The van der Waals surface area contributed by atoms with Crippen molar-refractivity contribution in [3.8, 4) is 5.75 Å². The van der Waals surface area contributed by atoms with Gasteiger partial charge in [-0.05, 0) is 39.0 Å². The zero-order valence-corrected chi connectivity index (χ0v) is 11.2. The molecule has 0 spiro atoms. The molecule has 0 saturated carbocycles. The van der Waals surface area contributed by atoms with Crippen LogP contribution in [0.4, 0.5) is 5.69 Å². The molecular formula is C13H18N2O4. The van der Waals surface area contributed by atoms with E-state index in [0.717, 1.165) is 0 Å². The van der Waals surface area contributed by atoms with Crippen molar-refractivity contribution in [2.75, 3.05) is 12.3 Å². The van der Waals surface area contributed by atoms with Crippen LogP contribution in [0.25, 0.3) is 0 Å². The number of rotatable bonds is 4. The van der Waals surface area contributed by atoms with Crippen LogP contribution in [0.15, 0.2) is 18.2 Å². The minimum absolute atomic E-state index is 0.0475. The Balaban J connectivity index is 2.66. The molecule has 0 atom stereocenters. The van der Waals surface area contributed by atoms with Crippen molar-refractivity contribution in [1.82, 2.24) is 5.32 Å². The zero-order valence-electron chi connectivity index (χ0n) is 11.2. The Labute approximate surface area is 111 Å². The van der Waals surface area contributed by atoms with Gasteiger partial charge in [-0.3, -0.25) is 4.79 Å². The molecule has 1 amide bonds. The molecule has 0 fully saturated rings. The molecule has 6 nitrogen and oxygen atoms in total. The van der Waals surface area contributed by atoms with Crippen LogP contribution >= 0.6 is 0 Å². The topological polar surface area (TPSA) is 102 Å². The molecule has 0 radical (unpaired) electrons. The van der Waals surface area contributed by atoms with E-state index in [-0.39, 0.29) is 35.1 Å². The summed E-state index contributed by atoms with van der Waals surface area (Å²) in [5.74, 6) is -1.13. The third kappa shape index (κ3) is 4.87. The van der Waals surface area contributed by atoms with E-state index in [1.165, 1.54) is 18.2 Å². The van der Waals surface area contributed by atoms with Gasteiger partial charge in [-0.15, -0.1) is 0 Å². The molecule has 0 aliphatic rings. The number of ether oxygens (including phenoxy) is 1. The summed E-state index contributed by atoms with van der Waals surface area (Å²) in [6, 6.07) is 4.24. The average molecular weight is 266 g/mol. The van der Waals surface area contributed by atoms with Crippen LogP contribution in [0, 0.1) is 0 Å². The highest BCUT2D eigenvalue weighted by atomic mass is 16.5. The van der Waals surface area contributed by atoms with Crippen molar-refractivity contribution in [2.45, 2.75) is 26.3 Å². The van der Waals surface area contributed by atoms with Gasteiger partial charge in [0, 0.05) is 11.2 Å². The fourth-order valence-corrected chi connectivity index (χ4v) is 1.41. The summed E-state index contributed by atoms with van der Waals surface area (Å²) in [4.78, 5) is 22.4. The second-order valence-electron chi connectivity index (χ2n) is 5.14. The number of carbonyl (C=O) groups excluding carboxylic acids is 1. The number of carboxylic acids is 1. The van der Waals surface area contributed by atoms with Gasteiger partial charge in [0.25, 0.3) is 5.91 Å². The van der Waals surface area contributed by atoms with Crippen molar-refractivity contribution in [2.24, 2.45) is 0 Å². The lowest BCUT2D eigenvalue weighted by Gasteiger charge is -2.20. The molecule has 6 heteroatoms. The summed E-state index contributed by atoms with van der Waals surface area (Å²) in [5.41, 5.74) is 5.28. The summed E-state index contributed by atoms with van der Waals surface area (Å²) < 4.78 is 5.23.